The summed E-state index contributed by atoms with van der Waals surface area (Å²) in [5.41, 5.74) is 2.18. The third-order valence-electron chi connectivity index (χ3n) is 3.25. The smallest absolute Gasteiger partial charge is 0.269 e. The number of pyridine rings is 2. The van der Waals surface area contributed by atoms with Gasteiger partial charge in [-0.3, -0.25) is 9.78 Å². The molecule has 0 amide bonds. The van der Waals surface area contributed by atoms with Gasteiger partial charge in [0, 0.05) is 17.8 Å². The van der Waals surface area contributed by atoms with Crippen LogP contribution in [-0.4, -0.2) is 14.5 Å². The fourth-order valence-electron chi connectivity index (χ4n) is 2.09. The van der Waals surface area contributed by atoms with Crippen LogP contribution in [0.15, 0.2) is 46.8 Å². The highest BCUT2D eigenvalue weighted by Gasteiger charge is 2.10. The quantitative estimate of drug-likeness (QED) is 0.745. The largest absolute Gasteiger partial charge is 0.308 e. The van der Waals surface area contributed by atoms with E-state index in [0.29, 0.717) is 12.1 Å². The molecule has 0 atom stereocenters. The Morgan fingerprint density at radius 2 is 2.23 bits per heavy atom. The number of nitrogens with zero attached hydrogens (tertiary/aromatic N) is 4. The second-order valence-corrected chi connectivity index (χ2v) is 5.64. The summed E-state index contributed by atoms with van der Waals surface area (Å²) >= 11 is 1.49. The first kappa shape index (κ1) is 14.2. The molecule has 0 unspecified atom stereocenters. The normalized spacial score (nSPS) is 10.4. The van der Waals surface area contributed by atoms with Crippen molar-refractivity contribution in [1.29, 1.82) is 5.26 Å². The van der Waals surface area contributed by atoms with Crippen molar-refractivity contribution in [3.8, 4) is 16.8 Å². The first-order valence-electron chi connectivity index (χ1n) is 6.65. The summed E-state index contributed by atoms with van der Waals surface area (Å²) in [5.74, 6) is 0. The highest BCUT2D eigenvalue weighted by Crippen LogP contribution is 2.21. The maximum absolute atomic E-state index is 12.2. The third kappa shape index (κ3) is 2.67. The third-order valence-corrected chi connectivity index (χ3v) is 4.17. The van der Waals surface area contributed by atoms with Gasteiger partial charge in [-0.05, 0) is 30.7 Å². The molecule has 0 aliphatic rings. The van der Waals surface area contributed by atoms with Crippen LogP contribution in [0.1, 0.15) is 16.8 Å². The van der Waals surface area contributed by atoms with Crippen LogP contribution in [0, 0.1) is 18.3 Å². The zero-order chi connectivity index (χ0) is 15.5. The molecule has 3 heterocycles. The van der Waals surface area contributed by atoms with Crippen LogP contribution in [-0.2, 0) is 6.54 Å². The fraction of sp³-hybridized carbons (Fsp3) is 0.125. The lowest BCUT2D eigenvalue weighted by Crippen LogP contribution is -2.23. The summed E-state index contributed by atoms with van der Waals surface area (Å²) in [5, 5.41) is 11.8. The van der Waals surface area contributed by atoms with Crippen LogP contribution in [0.4, 0.5) is 0 Å². The topological polar surface area (TPSA) is 71.6 Å². The lowest BCUT2D eigenvalue weighted by atomic mass is 10.2. The molecular weight excluding hydrogens is 296 g/mol. The molecule has 22 heavy (non-hydrogen) atoms. The van der Waals surface area contributed by atoms with Crippen molar-refractivity contribution in [2.45, 2.75) is 13.5 Å². The number of thiazole rings is 1. The standard InChI is InChI=1S/C16H12N4OS/c1-11-5-7-20(16(21)13(11)8-17)9-12-10-22-15(19-12)14-4-2-3-6-18-14/h2-7,10H,9H2,1H3. The van der Waals surface area contributed by atoms with Crippen molar-refractivity contribution in [2.24, 2.45) is 0 Å². The van der Waals surface area contributed by atoms with Gasteiger partial charge in [0.1, 0.15) is 16.6 Å². The number of rotatable bonds is 3. The van der Waals surface area contributed by atoms with Crippen molar-refractivity contribution < 1.29 is 0 Å². The first-order valence-corrected chi connectivity index (χ1v) is 7.53. The molecule has 0 aromatic carbocycles. The van der Waals surface area contributed by atoms with Crippen LogP contribution in [0.3, 0.4) is 0 Å². The van der Waals surface area contributed by atoms with E-state index in [1.807, 2.05) is 29.6 Å². The van der Waals surface area contributed by atoms with E-state index in [0.717, 1.165) is 16.4 Å². The van der Waals surface area contributed by atoms with Gasteiger partial charge >= 0.3 is 0 Å². The van der Waals surface area contributed by atoms with Gasteiger partial charge in [-0.1, -0.05) is 6.07 Å². The first-order chi connectivity index (χ1) is 10.7. The Kier molecular flexibility index (Phi) is 3.81. The molecule has 108 valence electrons. The molecule has 0 aliphatic heterocycles. The Labute approximate surface area is 131 Å². The Morgan fingerprint density at radius 1 is 1.36 bits per heavy atom. The SMILES string of the molecule is Cc1ccn(Cc2csc(-c3ccccn3)n2)c(=O)c1C#N. The Morgan fingerprint density at radius 3 is 2.95 bits per heavy atom. The molecule has 0 saturated carbocycles. The van der Waals surface area contributed by atoms with Crippen LogP contribution >= 0.6 is 11.3 Å². The van der Waals surface area contributed by atoms with Gasteiger partial charge in [-0.25, -0.2) is 4.98 Å². The van der Waals surface area contributed by atoms with E-state index in [9.17, 15) is 4.79 Å². The Hall–Kier alpha value is -2.78. The second-order valence-electron chi connectivity index (χ2n) is 4.78. The van der Waals surface area contributed by atoms with Crippen LogP contribution in [0.25, 0.3) is 10.7 Å². The van der Waals surface area contributed by atoms with Gasteiger partial charge in [-0.15, -0.1) is 11.3 Å². The van der Waals surface area contributed by atoms with E-state index in [-0.39, 0.29) is 11.1 Å². The zero-order valence-electron chi connectivity index (χ0n) is 11.9. The number of hydrogen-bond acceptors (Lipinski definition) is 5. The molecule has 0 N–H and O–H groups in total. The Balaban J connectivity index is 1.91. The molecule has 3 aromatic heterocycles. The Bertz CT molecular complexity index is 906. The molecule has 0 saturated heterocycles. The van der Waals surface area contributed by atoms with E-state index in [2.05, 4.69) is 9.97 Å². The van der Waals surface area contributed by atoms with Gasteiger partial charge in [0.05, 0.1) is 17.9 Å². The number of aromatic nitrogens is 3. The lowest BCUT2D eigenvalue weighted by Gasteiger charge is -2.05. The molecule has 3 rings (SSSR count). The number of nitriles is 1. The summed E-state index contributed by atoms with van der Waals surface area (Å²) in [4.78, 5) is 21.0. The molecule has 0 bridgehead atoms. The van der Waals surface area contributed by atoms with Crippen LogP contribution in [0.2, 0.25) is 0 Å². The summed E-state index contributed by atoms with van der Waals surface area (Å²) in [6.45, 7) is 2.10. The molecule has 0 radical (unpaired) electrons. The maximum atomic E-state index is 12.2. The van der Waals surface area contributed by atoms with Crippen molar-refractivity contribution >= 4 is 11.3 Å². The monoisotopic (exact) mass is 308 g/mol. The van der Waals surface area contributed by atoms with E-state index in [1.165, 1.54) is 15.9 Å². The van der Waals surface area contributed by atoms with E-state index >= 15 is 0 Å². The summed E-state index contributed by atoms with van der Waals surface area (Å²) < 4.78 is 1.50. The van der Waals surface area contributed by atoms with Crippen molar-refractivity contribution in [3.05, 3.63) is 69.2 Å². The van der Waals surface area contributed by atoms with Gasteiger partial charge in [-0.2, -0.15) is 5.26 Å². The fourth-order valence-corrected chi connectivity index (χ4v) is 2.87. The molecule has 6 heteroatoms. The average molecular weight is 308 g/mol. The average Bonchev–Trinajstić information content (AvgIpc) is 3.00. The molecule has 0 fully saturated rings. The molecular formula is C16H12N4OS. The molecule has 0 aliphatic carbocycles. The van der Waals surface area contributed by atoms with Crippen molar-refractivity contribution in [3.63, 3.8) is 0 Å². The van der Waals surface area contributed by atoms with Gasteiger partial charge in [0.25, 0.3) is 5.56 Å². The van der Waals surface area contributed by atoms with E-state index < -0.39 is 0 Å². The van der Waals surface area contributed by atoms with E-state index in [4.69, 9.17) is 5.26 Å². The highest BCUT2D eigenvalue weighted by molar-refractivity contribution is 7.13. The van der Waals surface area contributed by atoms with Crippen molar-refractivity contribution in [1.82, 2.24) is 14.5 Å². The summed E-state index contributed by atoms with van der Waals surface area (Å²) in [6.07, 6.45) is 3.42. The van der Waals surface area contributed by atoms with Gasteiger partial charge in [0.15, 0.2) is 0 Å². The van der Waals surface area contributed by atoms with Crippen molar-refractivity contribution in [2.75, 3.05) is 0 Å². The molecule has 3 aromatic rings. The molecule has 5 nitrogen and oxygen atoms in total. The second kappa shape index (κ2) is 5.92. The van der Waals surface area contributed by atoms with Gasteiger partial charge in [0.2, 0.25) is 0 Å². The minimum absolute atomic E-state index is 0.183. The number of aryl methyl sites for hydroxylation is 1. The van der Waals surface area contributed by atoms with Crippen LogP contribution < -0.4 is 5.56 Å². The molecule has 0 spiro atoms. The lowest BCUT2D eigenvalue weighted by molar-refractivity contribution is 0.739. The van der Waals surface area contributed by atoms with Gasteiger partial charge < -0.3 is 4.57 Å². The minimum Gasteiger partial charge on any atom is -0.308 e. The predicted octanol–water partition coefficient (Wildman–Crippen LogP) is 2.60. The predicted molar refractivity (Wildman–Crippen MR) is 84.6 cm³/mol. The number of hydrogen-bond donors (Lipinski definition) is 0. The summed E-state index contributed by atoms with van der Waals surface area (Å²) in [6, 6.07) is 9.39. The highest BCUT2D eigenvalue weighted by atomic mass is 32.1. The van der Waals surface area contributed by atoms with Crippen LogP contribution in [0.5, 0.6) is 0 Å². The zero-order valence-corrected chi connectivity index (χ0v) is 12.7. The summed E-state index contributed by atoms with van der Waals surface area (Å²) in [7, 11) is 0. The minimum atomic E-state index is -0.283. The maximum Gasteiger partial charge on any atom is 0.269 e. The van der Waals surface area contributed by atoms with E-state index in [1.54, 1.807) is 25.4 Å².